The number of amides is 1. The SMILES string of the molecule is CN1CCN(CC(=O)Nc2cc3nc(-c4cccnc4)ccc3cn2)CC1. The molecule has 1 fully saturated rings. The van der Waals surface area contributed by atoms with Crippen molar-refractivity contribution in [3.05, 3.63) is 48.9 Å². The molecule has 1 amide bonds. The predicted octanol–water partition coefficient (Wildman–Crippen LogP) is 1.88. The van der Waals surface area contributed by atoms with E-state index in [1.54, 1.807) is 18.6 Å². The minimum absolute atomic E-state index is 0.0465. The third-order valence-electron chi connectivity index (χ3n) is 4.76. The van der Waals surface area contributed by atoms with Crippen molar-refractivity contribution in [3.63, 3.8) is 0 Å². The van der Waals surface area contributed by atoms with E-state index in [4.69, 9.17) is 4.98 Å². The summed E-state index contributed by atoms with van der Waals surface area (Å²) < 4.78 is 0. The first-order valence-electron chi connectivity index (χ1n) is 9.05. The Morgan fingerprint density at radius 3 is 2.78 bits per heavy atom. The summed E-state index contributed by atoms with van der Waals surface area (Å²) in [4.78, 5) is 30.0. The number of hydrogen-bond acceptors (Lipinski definition) is 6. The van der Waals surface area contributed by atoms with E-state index in [0.29, 0.717) is 12.4 Å². The lowest BCUT2D eigenvalue weighted by atomic mass is 10.1. The van der Waals surface area contributed by atoms with E-state index >= 15 is 0 Å². The van der Waals surface area contributed by atoms with Crippen molar-refractivity contribution in [1.82, 2.24) is 24.8 Å². The molecule has 0 atom stereocenters. The summed E-state index contributed by atoms with van der Waals surface area (Å²) in [6.07, 6.45) is 5.26. The first-order valence-corrected chi connectivity index (χ1v) is 9.05. The maximum absolute atomic E-state index is 12.4. The highest BCUT2D eigenvalue weighted by Crippen LogP contribution is 2.21. The van der Waals surface area contributed by atoms with Crippen molar-refractivity contribution >= 4 is 22.6 Å². The van der Waals surface area contributed by atoms with E-state index in [1.165, 1.54) is 0 Å². The lowest BCUT2D eigenvalue weighted by Gasteiger charge is -2.31. The molecule has 3 aromatic heterocycles. The summed E-state index contributed by atoms with van der Waals surface area (Å²) in [6, 6.07) is 9.61. The third-order valence-corrected chi connectivity index (χ3v) is 4.76. The number of fused-ring (bicyclic) bond motifs is 1. The van der Waals surface area contributed by atoms with Crippen LogP contribution in [0.15, 0.2) is 48.9 Å². The van der Waals surface area contributed by atoms with Gasteiger partial charge in [-0.1, -0.05) is 0 Å². The summed E-state index contributed by atoms with van der Waals surface area (Å²) in [5, 5.41) is 3.82. The van der Waals surface area contributed by atoms with Crippen LogP contribution in [0.1, 0.15) is 0 Å². The smallest absolute Gasteiger partial charge is 0.239 e. The number of nitrogens with one attached hydrogen (secondary N) is 1. The summed E-state index contributed by atoms with van der Waals surface area (Å²) in [6.45, 7) is 4.18. The lowest BCUT2D eigenvalue weighted by Crippen LogP contribution is -2.47. The van der Waals surface area contributed by atoms with Crippen LogP contribution >= 0.6 is 0 Å². The van der Waals surface area contributed by atoms with Crippen LogP contribution in [0.3, 0.4) is 0 Å². The Bertz CT molecular complexity index is 938. The van der Waals surface area contributed by atoms with E-state index in [-0.39, 0.29) is 5.91 Å². The number of rotatable bonds is 4. The lowest BCUT2D eigenvalue weighted by molar-refractivity contribution is -0.117. The van der Waals surface area contributed by atoms with Gasteiger partial charge in [0.1, 0.15) is 5.82 Å². The molecule has 0 spiro atoms. The summed E-state index contributed by atoms with van der Waals surface area (Å²) in [5.41, 5.74) is 2.59. The van der Waals surface area contributed by atoms with E-state index in [1.807, 2.05) is 30.3 Å². The normalized spacial score (nSPS) is 15.7. The van der Waals surface area contributed by atoms with Gasteiger partial charge in [-0.3, -0.25) is 14.7 Å². The van der Waals surface area contributed by atoms with E-state index in [0.717, 1.165) is 48.3 Å². The summed E-state index contributed by atoms with van der Waals surface area (Å²) in [5.74, 6) is 0.479. The monoisotopic (exact) mass is 362 g/mol. The van der Waals surface area contributed by atoms with Gasteiger partial charge >= 0.3 is 0 Å². The van der Waals surface area contributed by atoms with Gasteiger partial charge in [-0.15, -0.1) is 0 Å². The zero-order valence-corrected chi connectivity index (χ0v) is 15.3. The van der Waals surface area contributed by atoms with E-state index < -0.39 is 0 Å². The van der Waals surface area contributed by atoms with Gasteiger partial charge < -0.3 is 10.2 Å². The van der Waals surface area contributed by atoms with Crippen molar-refractivity contribution in [2.45, 2.75) is 0 Å². The Hall–Kier alpha value is -2.90. The van der Waals surface area contributed by atoms with Crippen molar-refractivity contribution in [2.75, 3.05) is 45.1 Å². The third kappa shape index (κ3) is 4.27. The second-order valence-electron chi connectivity index (χ2n) is 6.83. The molecule has 1 saturated heterocycles. The first-order chi connectivity index (χ1) is 13.2. The molecular weight excluding hydrogens is 340 g/mol. The van der Waals surface area contributed by atoms with Crippen LogP contribution in [-0.2, 0) is 4.79 Å². The molecule has 4 rings (SSSR count). The zero-order valence-electron chi connectivity index (χ0n) is 15.3. The quantitative estimate of drug-likeness (QED) is 0.764. The van der Waals surface area contributed by atoms with Gasteiger partial charge in [0.25, 0.3) is 0 Å². The molecule has 27 heavy (non-hydrogen) atoms. The fourth-order valence-electron chi connectivity index (χ4n) is 3.15. The topological polar surface area (TPSA) is 74.2 Å². The molecule has 0 bridgehead atoms. The van der Waals surface area contributed by atoms with Gasteiger partial charge in [-0.05, 0) is 31.3 Å². The van der Waals surface area contributed by atoms with Gasteiger partial charge in [0, 0.05) is 61.8 Å². The minimum Gasteiger partial charge on any atom is -0.310 e. The highest BCUT2D eigenvalue weighted by atomic mass is 16.2. The fourth-order valence-corrected chi connectivity index (χ4v) is 3.15. The van der Waals surface area contributed by atoms with Crippen molar-refractivity contribution < 1.29 is 4.79 Å². The molecule has 0 unspecified atom stereocenters. The Kier molecular flexibility index (Phi) is 5.04. The molecule has 4 heterocycles. The average molecular weight is 362 g/mol. The average Bonchev–Trinajstić information content (AvgIpc) is 2.70. The number of likely N-dealkylation sites (N-methyl/N-ethyl adjacent to an activating group) is 1. The standard InChI is InChI=1S/C20H22N6O/c1-25-7-9-26(10-8-25)14-20(27)24-19-11-18-16(13-22-19)4-5-17(23-18)15-3-2-6-21-12-15/h2-6,11-13H,7-10,14H2,1H3,(H,22,24,27). The molecule has 1 aliphatic heterocycles. The van der Waals surface area contributed by atoms with Crippen molar-refractivity contribution in [1.29, 1.82) is 0 Å². The number of aromatic nitrogens is 3. The molecule has 1 aliphatic rings. The number of nitrogens with zero attached hydrogens (tertiary/aromatic N) is 5. The van der Waals surface area contributed by atoms with E-state index in [9.17, 15) is 4.79 Å². The number of pyridine rings is 3. The maximum atomic E-state index is 12.4. The number of anilines is 1. The van der Waals surface area contributed by atoms with Crippen LogP contribution in [0.2, 0.25) is 0 Å². The Balaban J connectivity index is 1.48. The molecule has 3 aromatic rings. The number of carbonyl (C=O) groups is 1. The van der Waals surface area contributed by atoms with Gasteiger partial charge in [-0.2, -0.15) is 0 Å². The molecular formula is C20H22N6O. The Morgan fingerprint density at radius 2 is 2.00 bits per heavy atom. The van der Waals surface area contributed by atoms with Crippen LogP contribution in [0.5, 0.6) is 0 Å². The Labute approximate surface area is 158 Å². The first kappa shape index (κ1) is 17.5. The van der Waals surface area contributed by atoms with Crippen LogP contribution in [-0.4, -0.2) is 70.4 Å². The molecule has 0 aliphatic carbocycles. The van der Waals surface area contributed by atoms with Gasteiger partial charge in [0.15, 0.2) is 0 Å². The highest BCUT2D eigenvalue weighted by Gasteiger charge is 2.16. The van der Waals surface area contributed by atoms with Gasteiger partial charge in [0.05, 0.1) is 17.8 Å². The molecule has 7 nitrogen and oxygen atoms in total. The summed E-state index contributed by atoms with van der Waals surface area (Å²) in [7, 11) is 2.10. The van der Waals surface area contributed by atoms with Crippen LogP contribution < -0.4 is 5.32 Å². The Morgan fingerprint density at radius 1 is 1.15 bits per heavy atom. The molecule has 7 heteroatoms. The number of carbonyl (C=O) groups excluding carboxylic acids is 1. The second kappa shape index (κ2) is 7.77. The largest absolute Gasteiger partial charge is 0.310 e. The van der Waals surface area contributed by atoms with Crippen molar-refractivity contribution in [3.8, 4) is 11.3 Å². The zero-order chi connectivity index (χ0) is 18.6. The number of piperazine rings is 1. The minimum atomic E-state index is -0.0465. The highest BCUT2D eigenvalue weighted by molar-refractivity contribution is 5.93. The van der Waals surface area contributed by atoms with Crippen LogP contribution in [0, 0.1) is 0 Å². The second-order valence-corrected chi connectivity index (χ2v) is 6.83. The van der Waals surface area contributed by atoms with Crippen LogP contribution in [0.25, 0.3) is 22.2 Å². The van der Waals surface area contributed by atoms with Gasteiger partial charge in [-0.25, -0.2) is 9.97 Å². The maximum Gasteiger partial charge on any atom is 0.239 e. The van der Waals surface area contributed by atoms with E-state index in [2.05, 4.69) is 32.1 Å². The number of hydrogen-bond donors (Lipinski definition) is 1. The fraction of sp³-hybridized carbons (Fsp3) is 0.300. The molecule has 0 saturated carbocycles. The molecule has 0 aromatic carbocycles. The van der Waals surface area contributed by atoms with Gasteiger partial charge in [0.2, 0.25) is 5.91 Å². The molecule has 1 N–H and O–H groups in total. The van der Waals surface area contributed by atoms with Crippen LogP contribution in [0.4, 0.5) is 5.82 Å². The summed E-state index contributed by atoms with van der Waals surface area (Å²) >= 11 is 0. The predicted molar refractivity (Wildman–Crippen MR) is 105 cm³/mol. The molecule has 0 radical (unpaired) electrons. The van der Waals surface area contributed by atoms with Crippen molar-refractivity contribution in [2.24, 2.45) is 0 Å². The molecule has 138 valence electrons.